The van der Waals surface area contributed by atoms with Crippen LogP contribution in [0.15, 0.2) is 36.7 Å². The number of aliphatic hydroxyl groups is 2. The van der Waals surface area contributed by atoms with Gasteiger partial charge in [-0.3, -0.25) is 9.05 Å². The predicted molar refractivity (Wildman–Crippen MR) is 200 cm³/mol. The Morgan fingerprint density at radius 1 is 1.02 bits per heavy atom. The number of phosphoric ester groups is 1. The van der Waals surface area contributed by atoms with Gasteiger partial charge in [0.15, 0.2) is 5.82 Å². The third-order valence-electron chi connectivity index (χ3n) is 9.75. The van der Waals surface area contributed by atoms with Gasteiger partial charge in [0.05, 0.1) is 43.8 Å². The van der Waals surface area contributed by atoms with Crippen molar-refractivity contribution in [2.75, 3.05) is 32.2 Å². The first-order valence-corrected chi connectivity index (χ1v) is 20.6. The van der Waals surface area contributed by atoms with Gasteiger partial charge in [0.2, 0.25) is 0 Å². The molecule has 2 aromatic heterocycles. The van der Waals surface area contributed by atoms with E-state index in [1.165, 1.54) is 87.2 Å². The zero-order valence-electron chi connectivity index (χ0n) is 31.5. The SMILES string of the molecule is CCCCCCCCCCCCCCCOC[C@H](COP(=O)(O)OC[C@H]1O[C@@](C)(c2ccc3c(N)ncnn23)[C@H](O)[C@@H]1O)OCc1cc(F)cc(C#N)c1. The van der Waals surface area contributed by atoms with E-state index in [1.807, 2.05) is 6.07 Å². The maximum Gasteiger partial charge on any atom is 0.472 e. The highest BCUT2D eigenvalue weighted by Gasteiger charge is 2.54. The molecule has 1 aliphatic rings. The molecule has 3 heterocycles. The molecule has 4 rings (SSSR count). The quantitative estimate of drug-likeness (QED) is 0.0509. The Morgan fingerprint density at radius 3 is 2.35 bits per heavy atom. The zero-order valence-corrected chi connectivity index (χ0v) is 32.4. The molecule has 16 heteroatoms. The number of fused-ring (bicyclic) bond motifs is 1. The molecule has 1 aromatic carbocycles. The second-order valence-electron chi connectivity index (χ2n) is 14.1. The van der Waals surface area contributed by atoms with E-state index in [-0.39, 0.29) is 24.6 Å². The van der Waals surface area contributed by atoms with E-state index in [0.29, 0.717) is 23.4 Å². The first-order valence-electron chi connectivity index (χ1n) is 19.1. The summed E-state index contributed by atoms with van der Waals surface area (Å²) >= 11 is 0. The number of nitrogens with zero attached hydrogens (tertiary/aromatic N) is 4. The van der Waals surface area contributed by atoms with Gasteiger partial charge in [0, 0.05) is 6.61 Å². The van der Waals surface area contributed by atoms with Gasteiger partial charge in [0.1, 0.15) is 47.7 Å². The molecule has 3 aromatic rings. The van der Waals surface area contributed by atoms with Gasteiger partial charge >= 0.3 is 7.82 Å². The topological polar surface area (TPSA) is 204 Å². The van der Waals surface area contributed by atoms with Crippen molar-refractivity contribution in [3.63, 3.8) is 0 Å². The van der Waals surface area contributed by atoms with Crippen LogP contribution >= 0.6 is 7.82 Å². The van der Waals surface area contributed by atoms with Crippen LogP contribution in [0.25, 0.3) is 5.52 Å². The second-order valence-corrected chi connectivity index (χ2v) is 15.6. The minimum atomic E-state index is -4.74. The first-order chi connectivity index (χ1) is 26.0. The number of benzene rings is 1. The highest BCUT2D eigenvalue weighted by molar-refractivity contribution is 7.47. The maximum atomic E-state index is 14.0. The third kappa shape index (κ3) is 13.0. The van der Waals surface area contributed by atoms with Crippen molar-refractivity contribution in [1.82, 2.24) is 14.6 Å². The van der Waals surface area contributed by atoms with Crippen LogP contribution < -0.4 is 5.73 Å². The molecule has 1 saturated heterocycles. The van der Waals surface area contributed by atoms with E-state index in [1.54, 1.807) is 19.1 Å². The number of hydrogen-bond acceptors (Lipinski definition) is 12. The fraction of sp³-hybridized carbons (Fsp3) is 0.658. The number of aliphatic hydroxyl groups excluding tert-OH is 2. The molecule has 300 valence electrons. The highest BCUT2D eigenvalue weighted by atomic mass is 31.2. The largest absolute Gasteiger partial charge is 0.472 e. The van der Waals surface area contributed by atoms with E-state index in [0.717, 1.165) is 25.3 Å². The van der Waals surface area contributed by atoms with Gasteiger partial charge < -0.3 is 35.1 Å². The molecular weight excluding hydrogens is 720 g/mol. The Kier molecular flexibility index (Phi) is 17.7. The normalized spacial score (nSPS) is 21.7. The predicted octanol–water partition coefficient (Wildman–Crippen LogP) is 6.48. The fourth-order valence-electron chi connectivity index (χ4n) is 6.63. The molecule has 14 nitrogen and oxygen atoms in total. The molecule has 5 N–H and O–H groups in total. The summed E-state index contributed by atoms with van der Waals surface area (Å²) in [6.45, 7) is 3.14. The van der Waals surface area contributed by atoms with Crippen LogP contribution in [-0.2, 0) is 40.0 Å². The summed E-state index contributed by atoms with van der Waals surface area (Å²) in [6.07, 6.45) is 12.2. The van der Waals surface area contributed by atoms with Gasteiger partial charge in [-0.25, -0.2) is 18.5 Å². The van der Waals surface area contributed by atoms with E-state index in [4.69, 9.17) is 29.0 Å². The summed E-state index contributed by atoms with van der Waals surface area (Å²) in [6, 6.07) is 9.02. The highest BCUT2D eigenvalue weighted by Crippen LogP contribution is 2.46. The zero-order chi connectivity index (χ0) is 39.0. The molecule has 1 unspecified atom stereocenters. The number of nitrogens with two attached hydrogens (primary N) is 1. The summed E-state index contributed by atoms with van der Waals surface area (Å²) in [5, 5.41) is 35.2. The number of halogens is 1. The number of unbranched alkanes of at least 4 members (excludes halogenated alkanes) is 12. The number of anilines is 1. The monoisotopic (exact) mass is 777 g/mol. The number of nitrogen functional groups attached to an aromatic ring is 1. The molecule has 54 heavy (non-hydrogen) atoms. The summed E-state index contributed by atoms with van der Waals surface area (Å²) in [4.78, 5) is 14.5. The van der Waals surface area contributed by atoms with Crippen molar-refractivity contribution in [1.29, 1.82) is 5.26 Å². The number of ether oxygens (including phenoxy) is 3. The Bertz CT molecular complexity index is 1680. The van der Waals surface area contributed by atoms with E-state index < -0.39 is 56.9 Å². The summed E-state index contributed by atoms with van der Waals surface area (Å²) in [7, 11) is -4.74. The fourth-order valence-corrected chi connectivity index (χ4v) is 7.40. The summed E-state index contributed by atoms with van der Waals surface area (Å²) in [5.41, 5.74) is 5.84. The van der Waals surface area contributed by atoms with Crippen molar-refractivity contribution < 1.29 is 47.3 Å². The van der Waals surface area contributed by atoms with Crippen molar-refractivity contribution in [2.24, 2.45) is 0 Å². The van der Waals surface area contributed by atoms with Crippen LogP contribution in [-0.4, -0.2) is 80.5 Å². The first kappa shape index (κ1) is 43.7. The average Bonchev–Trinajstić information content (AvgIpc) is 3.69. The van der Waals surface area contributed by atoms with Gasteiger partial charge in [-0.05, 0) is 49.2 Å². The summed E-state index contributed by atoms with van der Waals surface area (Å²) < 4.78 is 56.6. The van der Waals surface area contributed by atoms with Gasteiger partial charge in [-0.1, -0.05) is 84.0 Å². The van der Waals surface area contributed by atoms with Crippen molar-refractivity contribution >= 4 is 19.2 Å². The van der Waals surface area contributed by atoms with Crippen molar-refractivity contribution in [3.8, 4) is 6.07 Å². The lowest BCUT2D eigenvalue weighted by molar-refractivity contribution is -0.0901. The smallest absolute Gasteiger partial charge is 0.387 e. The van der Waals surface area contributed by atoms with Gasteiger partial charge in [0.25, 0.3) is 0 Å². The molecule has 0 aliphatic carbocycles. The molecule has 1 aliphatic heterocycles. The Hall–Kier alpha value is -3.03. The van der Waals surface area contributed by atoms with Crippen LogP contribution in [0.2, 0.25) is 0 Å². The molecule has 0 saturated carbocycles. The van der Waals surface area contributed by atoms with Gasteiger partial charge in [-0.15, -0.1) is 0 Å². The van der Waals surface area contributed by atoms with E-state index in [9.17, 15) is 29.3 Å². The molecule has 0 bridgehead atoms. The summed E-state index contributed by atoms with van der Waals surface area (Å²) in [5.74, 6) is -0.381. The minimum Gasteiger partial charge on any atom is -0.387 e. The van der Waals surface area contributed by atoms with Crippen molar-refractivity contribution in [3.05, 3.63) is 59.3 Å². The second kappa shape index (κ2) is 21.9. The molecule has 1 fully saturated rings. The number of rotatable bonds is 26. The molecule has 0 spiro atoms. The number of hydrogen-bond donors (Lipinski definition) is 4. The van der Waals surface area contributed by atoms with Crippen LogP contribution in [0.3, 0.4) is 0 Å². The Morgan fingerprint density at radius 2 is 1.69 bits per heavy atom. The number of phosphoric acid groups is 1. The molecule has 0 amide bonds. The average molecular weight is 778 g/mol. The molecule has 0 radical (unpaired) electrons. The lowest BCUT2D eigenvalue weighted by atomic mass is 9.93. The Labute approximate surface area is 317 Å². The van der Waals surface area contributed by atoms with Crippen LogP contribution in [0, 0.1) is 17.1 Å². The van der Waals surface area contributed by atoms with Crippen molar-refractivity contribution in [2.45, 2.75) is 134 Å². The standard InChI is InChI=1S/C38H57FN5O9P/c1-3-4-5-6-7-8-9-10-11-12-13-14-15-18-49-24-31(50-23-29-19-28(22-40)20-30(39)21-29)25-51-54(47,48)52-26-33-35(45)36(46)38(2,53-33)34-17-16-32-37(41)42-27-43-44(32)34/h16-17,19-21,27,31,33,35-36,45-46H,3-15,18,23-26H2,1-2H3,(H,47,48)(H2,41,42,43)/t31-,33-,35-,36-,38+/m1/s1. The maximum absolute atomic E-state index is 14.0. The van der Waals surface area contributed by atoms with Gasteiger partial charge in [-0.2, -0.15) is 10.4 Å². The van der Waals surface area contributed by atoms with Crippen LogP contribution in [0.1, 0.15) is 114 Å². The number of aromatic nitrogens is 3. The lowest BCUT2D eigenvalue weighted by Crippen LogP contribution is -2.39. The van der Waals surface area contributed by atoms with E-state index in [2.05, 4.69) is 17.0 Å². The molecular formula is C38H57FN5O9P. The lowest BCUT2D eigenvalue weighted by Gasteiger charge is -2.27. The minimum absolute atomic E-state index is 0.0208. The number of nitriles is 1. The van der Waals surface area contributed by atoms with E-state index >= 15 is 0 Å². The molecule has 6 atom stereocenters. The van der Waals surface area contributed by atoms with Crippen LogP contribution in [0.5, 0.6) is 0 Å². The van der Waals surface area contributed by atoms with Crippen LogP contribution in [0.4, 0.5) is 10.2 Å². The third-order valence-corrected chi connectivity index (χ3v) is 10.7. The Balaban J connectivity index is 1.23.